The molecule has 0 saturated heterocycles. The van der Waals surface area contributed by atoms with Gasteiger partial charge in [-0.1, -0.05) is 18.2 Å². The normalized spacial score (nSPS) is 11.5. The molecule has 4 heteroatoms. The molecule has 1 aromatic rings. The summed E-state index contributed by atoms with van der Waals surface area (Å²) in [7, 11) is 0. The third kappa shape index (κ3) is 3.80. The van der Waals surface area contributed by atoms with Gasteiger partial charge in [-0.15, -0.1) is 0 Å². The molecule has 0 aromatic heterocycles. The summed E-state index contributed by atoms with van der Waals surface area (Å²) in [5, 5.41) is 0. The van der Waals surface area contributed by atoms with E-state index >= 15 is 0 Å². The third-order valence-electron chi connectivity index (χ3n) is 2.15. The van der Waals surface area contributed by atoms with Crippen molar-refractivity contribution in [3.63, 3.8) is 0 Å². The number of esters is 1. The molecule has 3 nitrogen and oxygen atoms in total. The van der Waals surface area contributed by atoms with Crippen molar-refractivity contribution in [2.24, 2.45) is 0 Å². The van der Waals surface area contributed by atoms with E-state index in [9.17, 15) is 14.0 Å². The van der Waals surface area contributed by atoms with Gasteiger partial charge in [0, 0.05) is 5.56 Å². The maximum atomic E-state index is 13.4. The number of hydrogen-bond acceptors (Lipinski definition) is 3. The van der Waals surface area contributed by atoms with Crippen LogP contribution in [0.3, 0.4) is 0 Å². The van der Waals surface area contributed by atoms with Crippen molar-refractivity contribution in [2.45, 2.75) is 26.9 Å². The van der Waals surface area contributed by atoms with Gasteiger partial charge in [-0.3, -0.25) is 4.79 Å². The van der Waals surface area contributed by atoms with Crippen LogP contribution >= 0.6 is 0 Å². The quantitative estimate of drug-likeness (QED) is 0.357. The van der Waals surface area contributed by atoms with Gasteiger partial charge in [0.2, 0.25) is 0 Å². The zero-order valence-corrected chi connectivity index (χ0v) is 10.6. The molecule has 0 heterocycles. The summed E-state index contributed by atoms with van der Waals surface area (Å²) in [5.74, 6) is -1.68. The smallest absolute Gasteiger partial charge is 0.342 e. The minimum atomic E-state index is -0.735. The summed E-state index contributed by atoms with van der Waals surface area (Å²) >= 11 is 0. The lowest BCUT2D eigenvalue weighted by Crippen LogP contribution is -2.17. The molecule has 0 radical (unpaired) electrons. The fourth-order valence-electron chi connectivity index (χ4n) is 1.33. The number of ketones is 1. The highest BCUT2D eigenvalue weighted by molar-refractivity contribution is 6.19. The Morgan fingerprint density at radius 1 is 1.28 bits per heavy atom. The Kier molecular flexibility index (Phi) is 4.77. The molecule has 0 aliphatic heterocycles. The molecule has 0 unspecified atom stereocenters. The first-order valence-corrected chi connectivity index (χ1v) is 5.60. The Balaban J connectivity index is 3.10. The number of benzene rings is 1. The lowest BCUT2D eigenvalue weighted by Gasteiger charge is -2.09. The second-order valence-electron chi connectivity index (χ2n) is 4.09. The lowest BCUT2D eigenvalue weighted by atomic mass is 10.1. The van der Waals surface area contributed by atoms with Crippen LogP contribution in [0.2, 0.25) is 0 Å². The maximum Gasteiger partial charge on any atom is 0.342 e. The monoisotopic (exact) mass is 250 g/mol. The van der Waals surface area contributed by atoms with Gasteiger partial charge in [0.1, 0.15) is 11.4 Å². The fraction of sp³-hybridized carbons (Fsp3) is 0.286. The molecule has 0 spiro atoms. The second-order valence-corrected chi connectivity index (χ2v) is 4.09. The molecule has 18 heavy (non-hydrogen) atoms. The number of Topliss-reactive ketones (excluding diaryl/α,β-unsaturated/α-hetero) is 1. The Labute approximate surface area is 105 Å². The van der Waals surface area contributed by atoms with Crippen LogP contribution in [0.15, 0.2) is 29.8 Å². The summed E-state index contributed by atoms with van der Waals surface area (Å²) in [5.41, 5.74) is 0.0252. The topological polar surface area (TPSA) is 43.4 Å². The van der Waals surface area contributed by atoms with E-state index in [1.165, 1.54) is 31.2 Å². The number of ether oxygens (including phenoxy) is 1. The number of rotatable bonds is 4. The summed E-state index contributed by atoms with van der Waals surface area (Å²) < 4.78 is 18.4. The molecule has 0 N–H and O–H groups in total. The molecule has 0 bridgehead atoms. The second kappa shape index (κ2) is 6.10. The molecule has 0 atom stereocenters. The van der Waals surface area contributed by atoms with Crippen molar-refractivity contribution in [3.8, 4) is 0 Å². The number of carbonyl (C=O) groups is 2. The fourth-order valence-corrected chi connectivity index (χ4v) is 1.33. The van der Waals surface area contributed by atoms with E-state index in [0.29, 0.717) is 0 Å². The summed E-state index contributed by atoms with van der Waals surface area (Å²) in [6, 6.07) is 5.91. The molecule has 0 aliphatic carbocycles. The van der Waals surface area contributed by atoms with Gasteiger partial charge < -0.3 is 4.74 Å². The highest BCUT2D eigenvalue weighted by Gasteiger charge is 2.17. The van der Waals surface area contributed by atoms with Crippen LogP contribution in [0, 0.1) is 5.82 Å². The van der Waals surface area contributed by atoms with Crippen molar-refractivity contribution < 1.29 is 18.7 Å². The van der Waals surface area contributed by atoms with E-state index in [-0.39, 0.29) is 17.2 Å². The van der Waals surface area contributed by atoms with E-state index in [1.54, 1.807) is 19.9 Å². The van der Waals surface area contributed by atoms with Gasteiger partial charge in [-0.05, 0) is 32.9 Å². The average Bonchev–Trinajstić information content (AvgIpc) is 2.26. The standard InChI is InChI=1S/C14H15FO3/c1-9(2)18-14(17)12(10(3)16)8-11-6-4-5-7-13(11)15/h4-9H,1-3H3. The molecule has 96 valence electrons. The minimum Gasteiger partial charge on any atom is -0.459 e. The number of carbonyl (C=O) groups excluding carboxylic acids is 2. The first-order chi connectivity index (χ1) is 8.41. The summed E-state index contributed by atoms with van der Waals surface area (Å²) in [4.78, 5) is 23.1. The van der Waals surface area contributed by atoms with E-state index in [0.717, 1.165) is 0 Å². The van der Waals surface area contributed by atoms with Gasteiger partial charge in [-0.25, -0.2) is 9.18 Å². The Bertz CT molecular complexity index is 490. The first-order valence-electron chi connectivity index (χ1n) is 5.60. The summed E-state index contributed by atoms with van der Waals surface area (Å²) in [6.45, 7) is 4.60. The third-order valence-corrected chi connectivity index (χ3v) is 2.15. The SMILES string of the molecule is CC(=O)C(=Cc1ccccc1F)C(=O)OC(C)C. The van der Waals surface area contributed by atoms with Gasteiger partial charge in [-0.2, -0.15) is 0 Å². The maximum absolute atomic E-state index is 13.4. The van der Waals surface area contributed by atoms with Crippen molar-refractivity contribution in [3.05, 3.63) is 41.2 Å². The highest BCUT2D eigenvalue weighted by atomic mass is 19.1. The van der Waals surface area contributed by atoms with Crippen molar-refractivity contribution in [1.29, 1.82) is 0 Å². The van der Waals surface area contributed by atoms with Crippen LogP contribution in [0.25, 0.3) is 6.08 Å². The molecule has 0 fully saturated rings. The highest BCUT2D eigenvalue weighted by Crippen LogP contribution is 2.13. The average molecular weight is 250 g/mol. The Morgan fingerprint density at radius 2 is 1.89 bits per heavy atom. The van der Waals surface area contributed by atoms with Crippen molar-refractivity contribution in [2.75, 3.05) is 0 Å². The minimum absolute atomic E-state index is 0.159. The molecule has 0 aliphatic rings. The van der Waals surface area contributed by atoms with Crippen LogP contribution in [-0.4, -0.2) is 17.9 Å². The van der Waals surface area contributed by atoms with Crippen LogP contribution in [0.4, 0.5) is 4.39 Å². The molecular weight excluding hydrogens is 235 g/mol. The molecular formula is C14H15FO3. The molecule has 1 rings (SSSR count). The number of halogens is 1. The molecule has 1 aromatic carbocycles. The Hall–Kier alpha value is -1.97. The Morgan fingerprint density at radius 3 is 2.39 bits per heavy atom. The van der Waals surface area contributed by atoms with Crippen LogP contribution in [0.5, 0.6) is 0 Å². The predicted molar refractivity (Wildman–Crippen MR) is 66.3 cm³/mol. The van der Waals surface area contributed by atoms with E-state index < -0.39 is 17.6 Å². The first kappa shape index (κ1) is 14.1. The zero-order chi connectivity index (χ0) is 13.7. The van der Waals surface area contributed by atoms with E-state index in [2.05, 4.69) is 0 Å². The predicted octanol–water partition coefficient (Wildman–Crippen LogP) is 2.75. The lowest BCUT2D eigenvalue weighted by molar-refractivity contribution is -0.143. The van der Waals surface area contributed by atoms with E-state index in [1.807, 2.05) is 0 Å². The van der Waals surface area contributed by atoms with Crippen LogP contribution in [-0.2, 0) is 14.3 Å². The zero-order valence-electron chi connectivity index (χ0n) is 10.6. The molecule has 0 saturated carbocycles. The van der Waals surface area contributed by atoms with Gasteiger partial charge >= 0.3 is 5.97 Å². The van der Waals surface area contributed by atoms with Crippen LogP contribution < -0.4 is 0 Å². The van der Waals surface area contributed by atoms with Crippen molar-refractivity contribution in [1.82, 2.24) is 0 Å². The van der Waals surface area contributed by atoms with Gasteiger partial charge in [0.15, 0.2) is 5.78 Å². The molecule has 0 amide bonds. The van der Waals surface area contributed by atoms with Crippen LogP contribution in [0.1, 0.15) is 26.3 Å². The number of hydrogen-bond donors (Lipinski definition) is 0. The van der Waals surface area contributed by atoms with Gasteiger partial charge in [0.25, 0.3) is 0 Å². The summed E-state index contributed by atoms with van der Waals surface area (Å²) in [6.07, 6.45) is 0.878. The van der Waals surface area contributed by atoms with Gasteiger partial charge in [0.05, 0.1) is 6.10 Å². The largest absolute Gasteiger partial charge is 0.459 e. The van der Waals surface area contributed by atoms with Crippen molar-refractivity contribution >= 4 is 17.8 Å². The van der Waals surface area contributed by atoms with E-state index in [4.69, 9.17) is 4.74 Å².